The van der Waals surface area contributed by atoms with Gasteiger partial charge in [-0.05, 0) is 96.8 Å². The minimum absolute atomic E-state index is 0.191. The maximum absolute atomic E-state index is 12.4. The predicted octanol–water partition coefficient (Wildman–Crippen LogP) is 6.83. The van der Waals surface area contributed by atoms with E-state index in [1.807, 2.05) is 0 Å². The van der Waals surface area contributed by atoms with Crippen LogP contribution in [-0.2, 0) is 0 Å². The minimum Gasteiger partial charge on any atom is -0.424 e. The smallest absolute Gasteiger partial charge is 0.424 e. The highest BCUT2D eigenvalue weighted by Gasteiger charge is 2.32. The fourth-order valence-corrected chi connectivity index (χ4v) is 5.62. The molecule has 0 spiro atoms. The van der Waals surface area contributed by atoms with Crippen molar-refractivity contribution in [3.63, 3.8) is 0 Å². The summed E-state index contributed by atoms with van der Waals surface area (Å²) >= 11 is 2.34. The van der Waals surface area contributed by atoms with Crippen LogP contribution in [-0.4, -0.2) is 42.6 Å². The van der Waals surface area contributed by atoms with E-state index in [2.05, 4.69) is 72.1 Å². The van der Waals surface area contributed by atoms with Gasteiger partial charge in [-0.3, -0.25) is 0 Å². The van der Waals surface area contributed by atoms with E-state index >= 15 is 0 Å². The molecule has 1 aliphatic heterocycles. The van der Waals surface area contributed by atoms with Gasteiger partial charge in [-0.1, -0.05) is 12.8 Å². The number of aromatic nitrogens is 1. The highest BCUT2D eigenvalue weighted by molar-refractivity contribution is 14.1. The van der Waals surface area contributed by atoms with Crippen molar-refractivity contribution < 1.29 is 22.3 Å². The molecule has 2 aliphatic rings. The van der Waals surface area contributed by atoms with E-state index in [0.29, 0.717) is 29.4 Å². The number of ether oxygens (including phenoxy) is 1. The number of nitrogens with one attached hydrogen (secondary N) is 2. The van der Waals surface area contributed by atoms with Crippen molar-refractivity contribution in [3.8, 4) is 17.1 Å². The number of piperidine rings is 1. The standard InChI is InChI=1S/C27H30F3IN4O2/c28-27(29,30)37-22-13-7-18(8-14-22)25-16-32-26(36-25)34-24-6-2-1-5-23(24)33-20-4-3-15-35(17-20)21-11-9-19(31)10-12-21/h7-14,16,20,23-24,33H,1-6,15,17H2,(H,32,34)/t20-,23?,24?/m0/s1. The van der Waals surface area contributed by atoms with Gasteiger partial charge in [-0.15, -0.1) is 13.2 Å². The van der Waals surface area contributed by atoms with E-state index in [1.54, 1.807) is 6.20 Å². The lowest BCUT2D eigenvalue weighted by Gasteiger charge is -2.40. The second-order valence-electron chi connectivity index (χ2n) is 9.67. The average Bonchev–Trinajstić information content (AvgIpc) is 3.34. The monoisotopic (exact) mass is 626 g/mol. The number of oxazole rings is 1. The minimum atomic E-state index is -4.72. The van der Waals surface area contributed by atoms with Crippen molar-refractivity contribution in [3.05, 3.63) is 58.3 Å². The number of halogens is 4. The van der Waals surface area contributed by atoms with Crippen molar-refractivity contribution in [2.24, 2.45) is 0 Å². The Morgan fingerprint density at radius 2 is 1.68 bits per heavy atom. The lowest BCUT2D eigenvalue weighted by Crippen LogP contribution is -2.54. The normalized spacial score (nSPS) is 22.6. The first-order chi connectivity index (χ1) is 17.8. The zero-order valence-electron chi connectivity index (χ0n) is 20.3. The van der Waals surface area contributed by atoms with Gasteiger partial charge in [-0.25, -0.2) is 4.98 Å². The van der Waals surface area contributed by atoms with Gasteiger partial charge in [0.05, 0.1) is 6.20 Å². The van der Waals surface area contributed by atoms with Gasteiger partial charge in [0.1, 0.15) is 5.75 Å². The fraction of sp³-hybridized carbons (Fsp3) is 0.444. The first kappa shape index (κ1) is 26.1. The molecule has 2 unspecified atom stereocenters. The van der Waals surface area contributed by atoms with E-state index in [9.17, 15) is 13.2 Å². The maximum atomic E-state index is 12.4. The third kappa shape index (κ3) is 7.10. The molecule has 2 aromatic carbocycles. The summed E-state index contributed by atoms with van der Waals surface area (Å²) in [6.07, 6.45) is 3.62. The van der Waals surface area contributed by atoms with Crippen LogP contribution in [0, 0.1) is 3.57 Å². The van der Waals surface area contributed by atoms with Gasteiger partial charge in [0, 0.05) is 46.0 Å². The zero-order chi connectivity index (χ0) is 25.8. The summed E-state index contributed by atoms with van der Waals surface area (Å²) in [4.78, 5) is 6.85. The summed E-state index contributed by atoms with van der Waals surface area (Å²) in [5.74, 6) is 0.218. The molecule has 6 nitrogen and oxygen atoms in total. The maximum Gasteiger partial charge on any atom is 0.573 e. The molecule has 2 fully saturated rings. The lowest BCUT2D eigenvalue weighted by atomic mass is 9.89. The van der Waals surface area contributed by atoms with Crippen LogP contribution in [0.5, 0.6) is 5.75 Å². The number of benzene rings is 2. The third-order valence-electron chi connectivity index (χ3n) is 7.02. The molecule has 0 bridgehead atoms. The van der Waals surface area contributed by atoms with Crippen LogP contribution < -0.4 is 20.3 Å². The van der Waals surface area contributed by atoms with E-state index in [1.165, 1.54) is 39.9 Å². The lowest BCUT2D eigenvalue weighted by molar-refractivity contribution is -0.274. The Morgan fingerprint density at radius 3 is 2.41 bits per heavy atom. The van der Waals surface area contributed by atoms with E-state index < -0.39 is 6.36 Å². The molecule has 1 aliphatic carbocycles. The summed E-state index contributed by atoms with van der Waals surface area (Å²) in [6, 6.07) is 15.6. The Hall–Kier alpha value is -2.47. The van der Waals surface area contributed by atoms with Gasteiger partial charge in [-0.2, -0.15) is 0 Å². The van der Waals surface area contributed by atoms with E-state index in [0.717, 1.165) is 45.2 Å². The number of hydrogen-bond donors (Lipinski definition) is 2. The Kier molecular flexibility index (Phi) is 8.13. The topological polar surface area (TPSA) is 62.6 Å². The number of nitrogens with zero attached hydrogens (tertiary/aromatic N) is 2. The molecular formula is C27H30F3IN4O2. The summed E-state index contributed by atoms with van der Waals surface area (Å²) in [5, 5.41) is 7.40. The summed E-state index contributed by atoms with van der Waals surface area (Å²) < 4.78 is 48.3. The summed E-state index contributed by atoms with van der Waals surface area (Å²) in [7, 11) is 0. The molecule has 0 radical (unpaired) electrons. The van der Waals surface area contributed by atoms with Crippen molar-refractivity contribution in [1.29, 1.82) is 0 Å². The molecule has 10 heteroatoms. The SMILES string of the molecule is FC(F)(F)Oc1ccc(-c2cnc(NC3CCCCC3N[C@H]3CCCN(c4ccc(I)cc4)C3)o2)cc1. The van der Waals surface area contributed by atoms with Crippen LogP contribution in [0.2, 0.25) is 0 Å². The molecular weight excluding hydrogens is 596 g/mol. The Bertz CT molecular complexity index is 1150. The van der Waals surface area contributed by atoms with Crippen molar-refractivity contribution in [2.75, 3.05) is 23.3 Å². The number of anilines is 2. The highest BCUT2D eigenvalue weighted by Crippen LogP contribution is 2.30. The molecule has 198 valence electrons. The fourth-order valence-electron chi connectivity index (χ4n) is 5.26. The summed E-state index contributed by atoms with van der Waals surface area (Å²) in [5.41, 5.74) is 1.90. The van der Waals surface area contributed by atoms with Gasteiger partial charge in [0.25, 0.3) is 6.01 Å². The Morgan fingerprint density at radius 1 is 0.946 bits per heavy atom. The first-order valence-corrected chi connectivity index (χ1v) is 13.8. The quantitative estimate of drug-likeness (QED) is 0.281. The van der Waals surface area contributed by atoms with Crippen LogP contribution in [0.15, 0.2) is 59.1 Å². The average molecular weight is 626 g/mol. The van der Waals surface area contributed by atoms with E-state index in [4.69, 9.17) is 4.42 Å². The molecule has 2 N–H and O–H groups in total. The number of hydrogen-bond acceptors (Lipinski definition) is 6. The number of alkyl halides is 3. The van der Waals surface area contributed by atoms with Gasteiger partial charge >= 0.3 is 6.36 Å². The molecule has 1 saturated heterocycles. The van der Waals surface area contributed by atoms with Crippen molar-refractivity contribution in [1.82, 2.24) is 10.3 Å². The molecule has 5 rings (SSSR count). The van der Waals surface area contributed by atoms with E-state index in [-0.39, 0.29) is 11.8 Å². The van der Waals surface area contributed by atoms with Gasteiger partial charge in [0.15, 0.2) is 5.76 Å². The van der Waals surface area contributed by atoms with Gasteiger partial charge < -0.3 is 24.7 Å². The first-order valence-electron chi connectivity index (χ1n) is 12.7. The van der Waals surface area contributed by atoms with Crippen molar-refractivity contribution >= 4 is 34.3 Å². The second kappa shape index (κ2) is 11.5. The molecule has 37 heavy (non-hydrogen) atoms. The molecule has 1 saturated carbocycles. The highest BCUT2D eigenvalue weighted by atomic mass is 127. The molecule has 2 heterocycles. The van der Waals surface area contributed by atoms with Crippen LogP contribution in [0.1, 0.15) is 38.5 Å². The molecule has 1 aromatic heterocycles. The van der Waals surface area contributed by atoms with Crippen molar-refractivity contribution in [2.45, 2.75) is 63.0 Å². The Balaban J connectivity index is 1.20. The summed E-state index contributed by atoms with van der Waals surface area (Å²) in [6.45, 7) is 2.06. The second-order valence-corrected chi connectivity index (χ2v) is 10.9. The molecule has 0 amide bonds. The van der Waals surface area contributed by atoms with Crippen LogP contribution in [0.25, 0.3) is 11.3 Å². The zero-order valence-corrected chi connectivity index (χ0v) is 22.5. The number of rotatable bonds is 7. The van der Waals surface area contributed by atoms with Crippen LogP contribution in [0.3, 0.4) is 0 Å². The Labute approximate surface area is 228 Å². The van der Waals surface area contributed by atoms with Crippen LogP contribution in [0.4, 0.5) is 24.9 Å². The molecule has 3 aromatic rings. The largest absolute Gasteiger partial charge is 0.573 e. The van der Waals surface area contributed by atoms with Crippen LogP contribution >= 0.6 is 22.6 Å². The third-order valence-corrected chi connectivity index (χ3v) is 7.74. The molecule has 3 atom stereocenters. The van der Waals surface area contributed by atoms with Gasteiger partial charge in [0.2, 0.25) is 0 Å². The predicted molar refractivity (Wildman–Crippen MR) is 146 cm³/mol.